The van der Waals surface area contributed by atoms with Crippen LogP contribution in [0.5, 0.6) is 0 Å². The highest BCUT2D eigenvalue weighted by Crippen LogP contribution is 2.39. The summed E-state index contributed by atoms with van der Waals surface area (Å²) >= 11 is 0. The molecule has 0 radical (unpaired) electrons. The first-order valence-corrected chi connectivity index (χ1v) is 9.96. The zero-order valence-electron chi connectivity index (χ0n) is 16.4. The van der Waals surface area contributed by atoms with Crippen LogP contribution in [-0.4, -0.2) is 41.2 Å². The maximum absolute atomic E-state index is 12.9. The van der Waals surface area contributed by atoms with Crippen molar-refractivity contribution >= 4 is 29.6 Å². The monoisotopic (exact) mass is 378 g/mol. The molecule has 2 aromatic rings. The van der Waals surface area contributed by atoms with Crippen molar-refractivity contribution in [2.24, 2.45) is 5.10 Å². The molecule has 1 N–H and O–H groups in total. The first-order valence-electron chi connectivity index (χ1n) is 9.96. The van der Waals surface area contributed by atoms with E-state index in [2.05, 4.69) is 27.3 Å². The number of carbonyl (C=O) groups excluding carboxylic acids is 1. The summed E-state index contributed by atoms with van der Waals surface area (Å²) in [6.45, 7) is 2.06. The average Bonchev–Trinajstić information content (AvgIpc) is 3.25. The van der Waals surface area contributed by atoms with E-state index in [9.17, 15) is 4.79 Å². The Bertz CT molecular complexity index is 862. The van der Waals surface area contributed by atoms with Crippen molar-refractivity contribution in [1.29, 1.82) is 0 Å². The van der Waals surface area contributed by atoms with Crippen LogP contribution in [0.2, 0.25) is 0 Å². The van der Waals surface area contributed by atoms with Gasteiger partial charge in [-0.1, -0.05) is 50.1 Å². The SMILES string of the molecule is CCC1C(=O)N(C)c2cnc(NN=Cc3ccccc3)nc2N1C1CCCC1. The first-order chi connectivity index (χ1) is 13.7. The third-order valence-corrected chi connectivity index (χ3v) is 5.59. The topological polar surface area (TPSA) is 73.7 Å². The van der Waals surface area contributed by atoms with Crippen LogP contribution in [0.15, 0.2) is 41.6 Å². The lowest BCUT2D eigenvalue weighted by Gasteiger charge is -2.43. The molecule has 1 aliphatic carbocycles. The van der Waals surface area contributed by atoms with Crippen LogP contribution in [0.1, 0.15) is 44.6 Å². The number of aromatic nitrogens is 2. The minimum absolute atomic E-state index is 0.119. The molecule has 7 nitrogen and oxygen atoms in total. The third kappa shape index (κ3) is 3.44. The number of anilines is 3. The Balaban J connectivity index is 1.64. The van der Waals surface area contributed by atoms with Crippen molar-refractivity contribution in [1.82, 2.24) is 9.97 Å². The van der Waals surface area contributed by atoms with Gasteiger partial charge < -0.3 is 9.80 Å². The first kappa shape index (κ1) is 18.4. The highest BCUT2D eigenvalue weighted by molar-refractivity contribution is 6.04. The lowest BCUT2D eigenvalue weighted by molar-refractivity contribution is -0.120. The number of hydrogen-bond acceptors (Lipinski definition) is 6. The van der Waals surface area contributed by atoms with Crippen LogP contribution in [0.4, 0.5) is 17.5 Å². The molecule has 1 amide bonds. The lowest BCUT2D eigenvalue weighted by Crippen LogP contribution is -2.55. The number of hydrogen-bond donors (Lipinski definition) is 1. The van der Waals surface area contributed by atoms with Gasteiger partial charge in [0.15, 0.2) is 5.82 Å². The van der Waals surface area contributed by atoms with Gasteiger partial charge in [0.05, 0.1) is 12.4 Å². The zero-order chi connectivity index (χ0) is 19.5. The summed E-state index contributed by atoms with van der Waals surface area (Å²) in [5, 5.41) is 4.26. The molecule has 1 fully saturated rings. The summed E-state index contributed by atoms with van der Waals surface area (Å²) in [7, 11) is 1.81. The van der Waals surface area contributed by atoms with E-state index in [0.717, 1.165) is 36.3 Å². The van der Waals surface area contributed by atoms with Gasteiger partial charge in [0.1, 0.15) is 11.7 Å². The molecule has 1 unspecified atom stereocenters. The number of fused-ring (bicyclic) bond motifs is 1. The van der Waals surface area contributed by atoms with Crippen molar-refractivity contribution < 1.29 is 4.79 Å². The van der Waals surface area contributed by atoms with E-state index in [4.69, 9.17) is 4.98 Å². The molecular formula is C21H26N6O. The summed E-state index contributed by atoms with van der Waals surface area (Å²) < 4.78 is 0. The minimum Gasteiger partial charge on any atom is -0.340 e. The zero-order valence-corrected chi connectivity index (χ0v) is 16.4. The molecule has 1 aliphatic heterocycles. The number of hydrazone groups is 1. The van der Waals surface area contributed by atoms with Gasteiger partial charge in [-0.25, -0.2) is 10.4 Å². The molecule has 0 spiro atoms. The Morgan fingerprint density at radius 2 is 2.00 bits per heavy atom. The van der Waals surface area contributed by atoms with Crippen LogP contribution in [0.3, 0.4) is 0 Å². The second-order valence-electron chi connectivity index (χ2n) is 7.35. The number of rotatable bonds is 5. The molecule has 2 heterocycles. The van der Waals surface area contributed by atoms with Crippen LogP contribution in [0.25, 0.3) is 0 Å². The standard InChI is InChI=1S/C21H26N6O/c1-3-17-20(28)26(2)18-14-22-21(25-23-13-15-9-5-4-6-10-15)24-19(18)27(17)16-11-7-8-12-16/h4-6,9-10,13-14,16-17H,3,7-8,11-12H2,1-2H3,(H,22,24,25). The van der Waals surface area contributed by atoms with Crippen molar-refractivity contribution in [2.75, 3.05) is 22.3 Å². The van der Waals surface area contributed by atoms with E-state index in [-0.39, 0.29) is 11.9 Å². The van der Waals surface area contributed by atoms with Crippen LogP contribution >= 0.6 is 0 Å². The van der Waals surface area contributed by atoms with Gasteiger partial charge in [-0.2, -0.15) is 10.1 Å². The van der Waals surface area contributed by atoms with Crippen molar-refractivity contribution in [3.63, 3.8) is 0 Å². The Morgan fingerprint density at radius 1 is 1.25 bits per heavy atom. The summed E-state index contributed by atoms with van der Waals surface area (Å²) in [5.74, 6) is 1.38. The van der Waals surface area contributed by atoms with Crippen molar-refractivity contribution in [3.05, 3.63) is 42.1 Å². The Hall–Kier alpha value is -2.96. The molecule has 0 bridgehead atoms. The summed E-state index contributed by atoms with van der Waals surface area (Å²) in [5.41, 5.74) is 4.69. The lowest BCUT2D eigenvalue weighted by atomic mass is 10.0. The molecule has 28 heavy (non-hydrogen) atoms. The van der Waals surface area contributed by atoms with Gasteiger partial charge in [0.2, 0.25) is 11.9 Å². The molecule has 146 valence electrons. The normalized spacial score (nSPS) is 20.1. The van der Waals surface area contributed by atoms with Crippen LogP contribution in [-0.2, 0) is 4.79 Å². The second kappa shape index (κ2) is 7.96. The molecule has 1 saturated carbocycles. The molecule has 2 aliphatic rings. The number of likely N-dealkylation sites (N-methyl/N-ethyl adjacent to an activating group) is 1. The van der Waals surface area contributed by atoms with Gasteiger partial charge in [-0.15, -0.1) is 0 Å². The van der Waals surface area contributed by atoms with Gasteiger partial charge in [-0.3, -0.25) is 4.79 Å². The van der Waals surface area contributed by atoms with Gasteiger partial charge >= 0.3 is 0 Å². The highest BCUT2D eigenvalue weighted by atomic mass is 16.2. The summed E-state index contributed by atoms with van der Waals surface area (Å²) in [4.78, 5) is 25.9. The largest absolute Gasteiger partial charge is 0.340 e. The van der Waals surface area contributed by atoms with E-state index >= 15 is 0 Å². The van der Waals surface area contributed by atoms with E-state index in [1.54, 1.807) is 24.4 Å². The number of amides is 1. The molecule has 7 heteroatoms. The number of nitrogens with zero attached hydrogens (tertiary/aromatic N) is 5. The Morgan fingerprint density at radius 3 is 2.71 bits per heavy atom. The fourth-order valence-electron chi connectivity index (χ4n) is 4.14. The quantitative estimate of drug-likeness (QED) is 0.637. The minimum atomic E-state index is -0.170. The van der Waals surface area contributed by atoms with E-state index in [1.807, 2.05) is 30.3 Å². The fraction of sp³-hybridized carbons (Fsp3) is 0.429. The number of benzene rings is 1. The van der Waals surface area contributed by atoms with Crippen LogP contribution < -0.4 is 15.2 Å². The van der Waals surface area contributed by atoms with Crippen molar-refractivity contribution in [2.45, 2.75) is 51.1 Å². The third-order valence-electron chi connectivity index (χ3n) is 5.59. The highest BCUT2D eigenvalue weighted by Gasteiger charge is 2.41. The van der Waals surface area contributed by atoms with E-state index in [0.29, 0.717) is 12.0 Å². The van der Waals surface area contributed by atoms with Gasteiger partial charge in [0, 0.05) is 13.1 Å². The second-order valence-corrected chi connectivity index (χ2v) is 7.35. The molecule has 1 aromatic carbocycles. The smallest absolute Gasteiger partial charge is 0.249 e. The predicted octanol–water partition coefficient (Wildman–Crippen LogP) is 3.43. The number of nitrogens with one attached hydrogen (secondary N) is 1. The Kier molecular flexibility index (Phi) is 5.23. The number of carbonyl (C=O) groups is 1. The van der Waals surface area contributed by atoms with Gasteiger partial charge in [0.25, 0.3) is 0 Å². The molecular weight excluding hydrogens is 352 g/mol. The molecule has 0 saturated heterocycles. The van der Waals surface area contributed by atoms with E-state index in [1.165, 1.54) is 12.8 Å². The van der Waals surface area contributed by atoms with E-state index < -0.39 is 0 Å². The maximum atomic E-state index is 12.9. The molecule has 1 atom stereocenters. The molecule has 1 aromatic heterocycles. The molecule has 4 rings (SSSR count). The average molecular weight is 378 g/mol. The fourth-order valence-corrected chi connectivity index (χ4v) is 4.14. The predicted molar refractivity (Wildman–Crippen MR) is 112 cm³/mol. The summed E-state index contributed by atoms with van der Waals surface area (Å²) in [6.07, 6.45) is 8.83. The maximum Gasteiger partial charge on any atom is 0.249 e. The Labute approximate surface area is 165 Å². The van der Waals surface area contributed by atoms with Crippen molar-refractivity contribution in [3.8, 4) is 0 Å². The van der Waals surface area contributed by atoms with Gasteiger partial charge in [-0.05, 0) is 24.8 Å². The summed E-state index contributed by atoms with van der Waals surface area (Å²) in [6, 6.07) is 10.0. The van der Waals surface area contributed by atoms with Crippen LogP contribution in [0, 0.1) is 0 Å².